The van der Waals surface area contributed by atoms with Crippen molar-refractivity contribution in [3.63, 3.8) is 0 Å². The van der Waals surface area contributed by atoms with E-state index in [0.29, 0.717) is 24.5 Å². The van der Waals surface area contributed by atoms with Gasteiger partial charge in [0.05, 0.1) is 24.2 Å². The van der Waals surface area contributed by atoms with Gasteiger partial charge in [0.1, 0.15) is 11.6 Å². The molecule has 0 radical (unpaired) electrons. The molecule has 0 aliphatic carbocycles. The second kappa shape index (κ2) is 8.28. The number of nitrogens with zero attached hydrogens (tertiary/aromatic N) is 2. The Morgan fingerprint density at radius 3 is 2.85 bits per heavy atom. The highest BCUT2D eigenvalue weighted by Gasteiger charge is 2.13. The van der Waals surface area contributed by atoms with Gasteiger partial charge in [0, 0.05) is 38.0 Å². The number of aryl methyl sites for hydroxylation is 2. The molecule has 0 unspecified atom stereocenters. The van der Waals surface area contributed by atoms with Crippen LogP contribution in [0.1, 0.15) is 5.56 Å². The van der Waals surface area contributed by atoms with Gasteiger partial charge in [0.2, 0.25) is 5.91 Å². The maximum atomic E-state index is 13.5. The van der Waals surface area contributed by atoms with Gasteiger partial charge >= 0.3 is 0 Å². The highest BCUT2D eigenvalue weighted by Crippen LogP contribution is 2.27. The summed E-state index contributed by atoms with van der Waals surface area (Å²) >= 11 is 0. The topological polar surface area (TPSA) is 68.2 Å². The van der Waals surface area contributed by atoms with Crippen molar-refractivity contribution in [2.24, 2.45) is 7.05 Å². The smallest absolute Gasteiger partial charge is 0.238 e. The molecule has 1 amide bonds. The first-order valence-corrected chi connectivity index (χ1v) is 8.72. The summed E-state index contributed by atoms with van der Waals surface area (Å²) in [6.45, 7) is 3.30. The number of ether oxygens (including phenoxy) is 1. The molecule has 0 atom stereocenters. The lowest BCUT2D eigenvalue weighted by Crippen LogP contribution is -2.30. The minimum atomic E-state index is -0.315. The van der Waals surface area contributed by atoms with E-state index in [2.05, 4.69) is 15.6 Å². The van der Waals surface area contributed by atoms with Crippen molar-refractivity contribution < 1.29 is 13.9 Å². The van der Waals surface area contributed by atoms with E-state index in [1.165, 1.54) is 12.1 Å². The molecule has 1 aromatic heterocycles. The van der Waals surface area contributed by atoms with E-state index < -0.39 is 0 Å². The van der Waals surface area contributed by atoms with Crippen LogP contribution in [0.3, 0.4) is 0 Å². The predicted molar refractivity (Wildman–Crippen MR) is 104 cm³/mol. The predicted octanol–water partition coefficient (Wildman–Crippen LogP) is 2.86. The van der Waals surface area contributed by atoms with Crippen LogP contribution in [-0.4, -0.2) is 42.3 Å². The number of rotatable bonds is 7. The first-order chi connectivity index (χ1) is 13.0. The van der Waals surface area contributed by atoms with Gasteiger partial charge in [0.25, 0.3) is 0 Å². The molecule has 0 spiro atoms. The Balaban J connectivity index is 1.83. The first kappa shape index (κ1) is 19.0. The van der Waals surface area contributed by atoms with Crippen LogP contribution in [0.25, 0.3) is 22.4 Å². The molecule has 1 heterocycles. The molecule has 27 heavy (non-hydrogen) atoms. The number of nitrogens with one attached hydrogen (secondary N) is 2. The zero-order valence-corrected chi connectivity index (χ0v) is 15.7. The second-order valence-corrected chi connectivity index (χ2v) is 6.37. The number of anilines is 1. The molecule has 0 aliphatic rings. The molecule has 142 valence electrons. The third-order valence-corrected chi connectivity index (χ3v) is 4.38. The Morgan fingerprint density at radius 2 is 2.07 bits per heavy atom. The van der Waals surface area contributed by atoms with Crippen molar-refractivity contribution in [1.82, 2.24) is 14.9 Å². The van der Waals surface area contributed by atoms with E-state index in [-0.39, 0.29) is 18.3 Å². The van der Waals surface area contributed by atoms with Gasteiger partial charge in [-0.3, -0.25) is 4.79 Å². The Kier molecular flexibility index (Phi) is 5.83. The number of hydrogen-bond donors (Lipinski definition) is 2. The third-order valence-electron chi connectivity index (χ3n) is 4.38. The summed E-state index contributed by atoms with van der Waals surface area (Å²) < 4.78 is 20.3. The van der Waals surface area contributed by atoms with Crippen molar-refractivity contribution in [2.45, 2.75) is 6.92 Å². The SMILES string of the molecule is COCCNCC(=O)Nc1cc(-c2nc3cc(F)ccc3n2C)ccc1C. The summed E-state index contributed by atoms with van der Waals surface area (Å²) in [5.41, 5.74) is 3.97. The van der Waals surface area contributed by atoms with Crippen molar-refractivity contribution >= 4 is 22.6 Å². The van der Waals surface area contributed by atoms with Gasteiger partial charge in [-0.25, -0.2) is 9.37 Å². The molecule has 0 saturated heterocycles. The Hall–Kier alpha value is -2.77. The zero-order valence-electron chi connectivity index (χ0n) is 15.7. The van der Waals surface area contributed by atoms with Crippen molar-refractivity contribution in [2.75, 3.05) is 32.1 Å². The number of aromatic nitrogens is 2. The lowest BCUT2D eigenvalue weighted by Gasteiger charge is -2.11. The van der Waals surface area contributed by atoms with E-state index in [1.54, 1.807) is 13.2 Å². The first-order valence-electron chi connectivity index (χ1n) is 8.72. The average Bonchev–Trinajstić information content (AvgIpc) is 2.96. The van der Waals surface area contributed by atoms with Crippen LogP contribution in [0.5, 0.6) is 0 Å². The number of carbonyl (C=O) groups is 1. The summed E-state index contributed by atoms with van der Waals surface area (Å²) in [6.07, 6.45) is 0. The maximum Gasteiger partial charge on any atom is 0.238 e. The molecular formula is C20H23FN4O2. The molecule has 2 aromatic carbocycles. The van der Waals surface area contributed by atoms with Crippen LogP contribution >= 0.6 is 0 Å². The summed E-state index contributed by atoms with van der Waals surface area (Å²) in [5, 5.41) is 5.94. The van der Waals surface area contributed by atoms with Crippen molar-refractivity contribution in [1.29, 1.82) is 0 Å². The summed E-state index contributed by atoms with van der Waals surface area (Å²) in [6, 6.07) is 10.3. The monoisotopic (exact) mass is 370 g/mol. The summed E-state index contributed by atoms with van der Waals surface area (Å²) in [4.78, 5) is 16.7. The van der Waals surface area contributed by atoms with Crippen LogP contribution < -0.4 is 10.6 Å². The summed E-state index contributed by atoms with van der Waals surface area (Å²) in [7, 11) is 3.51. The number of carbonyl (C=O) groups excluding carboxylic acids is 1. The van der Waals surface area contributed by atoms with Crippen LogP contribution in [0, 0.1) is 12.7 Å². The number of fused-ring (bicyclic) bond motifs is 1. The fourth-order valence-corrected chi connectivity index (χ4v) is 2.90. The maximum absolute atomic E-state index is 13.5. The Labute approximate surface area is 157 Å². The lowest BCUT2D eigenvalue weighted by atomic mass is 10.1. The molecule has 6 nitrogen and oxygen atoms in total. The molecular weight excluding hydrogens is 347 g/mol. The van der Waals surface area contributed by atoms with Crippen LogP contribution in [0.2, 0.25) is 0 Å². The molecule has 7 heteroatoms. The second-order valence-electron chi connectivity index (χ2n) is 6.37. The molecule has 3 rings (SSSR count). The molecule has 0 bridgehead atoms. The van der Waals surface area contributed by atoms with Crippen molar-refractivity contribution in [3.8, 4) is 11.4 Å². The third kappa shape index (κ3) is 4.32. The average molecular weight is 370 g/mol. The number of benzene rings is 2. The normalized spacial score (nSPS) is 11.1. The van der Waals surface area contributed by atoms with Crippen LogP contribution in [0.15, 0.2) is 36.4 Å². The highest BCUT2D eigenvalue weighted by atomic mass is 19.1. The summed E-state index contributed by atoms with van der Waals surface area (Å²) in [5.74, 6) is 0.271. The number of methoxy groups -OCH3 is 1. The fraction of sp³-hybridized carbons (Fsp3) is 0.300. The Bertz CT molecular complexity index is 968. The Morgan fingerprint density at radius 1 is 1.26 bits per heavy atom. The minimum Gasteiger partial charge on any atom is -0.383 e. The number of imidazole rings is 1. The van der Waals surface area contributed by atoms with Gasteiger partial charge in [-0.15, -0.1) is 0 Å². The van der Waals surface area contributed by atoms with Gasteiger partial charge in [-0.2, -0.15) is 0 Å². The lowest BCUT2D eigenvalue weighted by molar-refractivity contribution is -0.115. The van der Waals surface area contributed by atoms with Gasteiger partial charge in [0.15, 0.2) is 0 Å². The number of halogens is 1. The quantitative estimate of drug-likeness (QED) is 0.628. The van der Waals surface area contributed by atoms with E-state index in [4.69, 9.17) is 4.74 Å². The fourth-order valence-electron chi connectivity index (χ4n) is 2.90. The molecule has 0 aliphatic heterocycles. The molecule has 2 N–H and O–H groups in total. The molecule has 0 saturated carbocycles. The van der Waals surface area contributed by atoms with Crippen molar-refractivity contribution in [3.05, 3.63) is 47.8 Å². The number of hydrogen-bond acceptors (Lipinski definition) is 4. The molecule has 0 fully saturated rings. The number of amides is 1. The largest absolute Gasteiger partial charge is 0.383 e. The van der Waals surface area contributed by atoms with Crippen LogP contribution in [0.4, 0.5) is 10.1 Å². The van der Waals surface area contributed by atoms with Gasteiger partial charge < -0.3 is 19.9 Å². The minimum absolute atomic E-state index is 0.126. The van der Waals surface area contributed by atoms with E-state index in [0.717, 1.165) is 22.3 Å². The molecule has 3 aromatic rings. The van der Waals surface area contributed by atoms with Crippen LogP contribution in [-0.2, 0) is 16.6 Å². The zero-order chi connectivity index (χ0) is 19.4. The van der Waals surface area contributed by atoms with E-state index in [1.807, 2.05) is 36.7 Å². The van der Waals surface area contributed by atoms with E-state index in [9.17, 15) is 9.18 Å². The standard InChI is InChI=1S/C20H23FN4O2/c1-13-4-5-14(10-16(13)23-19(26)12-22-8-9-27-3)20-24-17-11-15(21)6-7-18(17)25(20)2/h4-7,10-11,22H,8-9,12H2,1-3H3,(H,23,26). The highest BCUT2D eigenvalue weighted by molar-refractivity contribution is 5.93. The van der Waals surface area contributed by atoms with Gasteiger partial charge in [-0.1, -0.05) is 12.1 Å². The van der Waals surface area contributed by atoms with E-state index >= 15 is 0 Å². The van der Waals surface area contributed by atoms with Gasteiger partial charge in [-0.05, 0) is 30.7 Å².